The van der Waals surface area contributed by atoms with Crippen molar-refractivity contribution >= 4 is 5.97 Å². The molecule has 15 heavy (non-hydrogen) atoms. The summed E-state index contributed by atoms with van der Waals surface area (Å²) in [6, 6.07) is 5.66. The summed E-state index contributed by atoms with van der Waals surface area (Å²) in [5, 5.41) is 18.8. The Labute approximate surface area is 89.4 Å². The fourth-order valence-electron chi connectivity index (χ4n) is 1.71. The zero-order chi connectivity index (χ0) is 11.6. The van der Waals surface area contributed by atoms with Gasteiger partial charge in [0, 0.05) is 0 Å². The highest BCUT2D eigenvalue weighted by molar-refractivity contribution is 5.68. The van der Waals surface area contributed by atoms with Crippen LogP contribution in [0.3, 0.4) is 0 Å². The highest BCUT2D eigenvalue weighted by Gasteiger charge is 2.27. The molecular weight excluding hydrogens is 192 g/mol. The van der Waals surface area contributed by atoms with Gasteiger partial charge in [0.2, 0.25) is 0 Å². The number of carboxylic acid groups (broad SMARTS) is 1. The van der Waals surface area contributed by atoms with Gasteiger partial charge in [0.15, 0.2) is 0 Å². The van der Waals surface area contributed by atoms with Crippen molar-refractivity contribution in [2.24, 2.45) is 0 Å². The van der Waals surface area contributed by atoms with Crippen LogP contribution >= 0.6 is 0 Å². The Morgan fingerprint density at radius 3 is 2.53 bits per heavy atom. The van der Waals surface area contributed by atoms with Crippen molar-refractivity contribution in [3.63, 3.8) is 0 Å². The van der Waals surface area contributed by atoms with Gasteiger partial charge in [-0.2, -0.15) is 0 Å². The standard InChI is InChI=1S/C12H16O3/c1-8-4-5-9(2)10(6-8)12(3,15)7-11(13)14/h4-6,15H,7H2,1-3H3,(H,13,14). The lowest BCUT2D eigenvalue weighted by molar-refractivity contribution is -0.142. The van der Waals surface area contributed by atoms with E-state index in [1.807, 2.05) is 32.0 Å². The molecule has 0 saturated carbocycles. The Hall–Kier alpha value is -1.35. The van der Waals surface area contributed by atoms with Gasteiger partial charge in [-0.15, -0.1) is 0 Å². The molecule has 0 heterocycles. The Kier molecular flexibility index (Phi) is 3.15. The molecule has 1 unspecified atom stereocenters. The zero-order valence-electron chi connectivity index (χ0n) is 9.24. The molecule has 2 N–H and O–H groups in total. The number of carbonyl (C=O) groups is 1. The number of benzene rings is 1. The highest BCUT2D eigenvalue weighted by atomic mass is 16.4. The minimum absolute atomic E-state index is 0.280. The van der Waals surface area contributed by atoms with E-state index in [4.69, 9.17) is 5.11 Å². The average molecular weight is 208 g/mol. The molecule has 0 radical (unpaired) electrons. The van der Waals surface area contributed by atoms with Crippen molar-refractivity contribution in [3.05, 3.63) is 34.9 Å². The maximum atomic E-state index is 10.6. The monoisotopic (exact) mass is 208 g/mol. The van der Waals surface area contributed by atoms with Crippen LogP contribution in [0.1, 0.15) is 30.0 Å². The van der Waals surface area contributed by atoms with Crippen LogP contribution in [-0.4, -0.2) is 16.2 Å². The summed E-state index contributed by atoms with van der Waals surface area (Å²) in [4.78, 5) is 10.6. The van der Waals surface area contributed by atoms with E-state index in [0.29, 0.717) is 5.56 Å². The van der Waals surface area contributed by atoms with Gasteiger partial charge < -0.3 is 10.2 Å². The number of hydrogen-bond acceptors (Lipinski definition) is 2. The van der Waals surface area contributed by atoms with Gasteiger partial charge in [0.05, 0.1) is 12.0 Å². The van der Waals surface area contributed by atoms with Crippen molar-refractivity contribution in [3.8, 4) is 0 Å². The molecule has 0 fully saturated rings. The number of aryl methyl sites for hydroxylation is 2. The van der Waals surface area contributed by atoms with Gasteiger partial charge in [-0.3, -0.25) is 4.79 Å². The second-order valence-corrected chi connectivity index (χ2v) is 4.16. The van der Waals surface area contributed by atoms with Crippen molar-refractivity contribution in [1.82, 2.24) is 0 Å². The van der Waals surface area contributed by atoms with Crippen molar-refractivity contribution in [1.29, 1.82) is 0 Å². The number of aliphatic carboxylic acids is 1. The largest absolute Gasteiger partial charge is 0.481 e. The van der Waals surface area contributed by atoms with Crippen LogP contribution < -0.4 is 0 Å². The third-order valence-corrected chi connectivity index (χ3v) is 2.47. The third kappa shape index (κ3) is 2.80. The summed E-state index contributed by atoms with van der Waals surface area (Å²) in [6.45, 7) is 5.31. The number of aliphatic hydroxyl groups is 1. The molecule has 82 valence electrons. The lowest BCUT2D eigenvalue weighted by atomic mass is 9.88. The van der Waals surface area contributed by atoms with Gasteiger partial charge in [-0.25, -0.2) is 0 Å². The van der Waals surface area contributed by atoms with E-state index in [1.165, 1.54) is 6.92 Å². The third-order valence-electron chi connectivity index (χ3n) is 2.47. The van der Waals surface area contributed by atoms with Gasteiger partial charge in [-0.1, -0.05) is 23.8 Å². The quantitative estimate of drug-likeness (QED) is 0.798. The fourth-order valence-corrected chi connectivity index (χ4v) is 1.71. The van der Waals surface area contributed by atoms with Crippen molar-refractivity contribution in [2.45, 2.75) is 32.8 Å². The Morgan fingerprint density at radius 1 is 1.40 bits per heavy atom. The summed E-state index contributed by atoms with van der Waals surface area (Å²) in [7, 11) is 0. The lowest BCUT2D eigenvalue weighted by Gasteiger charge is -2.24. The van der Waals surface area contributed by atoms with Gasteiger partial charge in [0.1, 0.15) is 0 Å². The Morgan fingerprint density at radius 2 is 2.00 bits per heavy atom. The first-order valence-corrected chi connectivity index (χ1v) is 4.85. The van der Waals surface area contributed by atoms with Crippen LogP contribution in [0.2, 0.25) is 0 Å². The molecule has 0 aliphatic heterocycles. The summed E-state index contributed by atoms with van der Waals surface area (Å²) < 4.78 is 0. The van der Waals surface area contributed by atoms with E-state index < -0.39 is 11.6 Å². The molecule has 3 nitrogen and oxygen atoms in total. The lowest BCUT2D eigenvalue weighted by Crippen LogP contribution is -2.26. The van der Waals surface area contributed by atoms with Crippen molar-refractivity contribution < 1.29 is 15.0 Å². The maximum Gasteiger partial charge on any atom is 0.306 e. The maximum absolute atomic E-state index is 10.6. The molecule has 0 aromatic heterocycles. The van der Waals surface area contributed by atoms with Crippen LogP contribution in [-0.2, 0) is 10.4 Å². The van der Waals surface area contributed by atoms with E-state index in [-0.39, 0.29) is 6.42 Å². The molecule has 0 aliphatic rings. The minimum atomic E-state index is -1.30. The van der Waals surface area contributed by atoms with Crippen LogP contribution in [0.4, 0.5) is 0 Å². The molecule has 0 bridgehead atoms. The fraction of sp³-hybridized carbons (Fsp3) is 0.417. The smallest absolute Gasteiger partial charge is 0.306 e. The van der Waals surface area contributed by atoms with Crippen LogP contribution in [0.25, 0.3) is 0 Å². The van der Waals surface area contributed by atoms with E-state index in [0.717, 1.165) is 11.1 Å². The molecular formula is C12H16O3. The molecule has 0 aliphatic carbocycles. The normalized spacial score (nSPS) is 14.7. The van der Waals surface area contributed by atoms with E-state index in [1.54, 1.807) is 0 Å². The highest BCUT2D eigenvalue weighted by Crippen LogP contribution is 2.28. The molecule has 1 aromatic carbocycles. The van der Waals surface area contributed by atoms with Gasteiger partial charge in [-0.05, 0) is 31.9 Å². The van der Waals surface area contributed by atoms with Gasteiger partial charge >= 0.3 is 5.97 Å². The number of rotatable bonds is 3. The SMILES string of the molecule is Cc1ccc(C)c(C(C)(O)CC(=O)O)c1. The predicted octanol–water partition coefficient (Wildman–Crippen LogP) is 1.99. The molecule has 3 heteroatoms. The zero-order valence-corrected chi connectivity index (χ0v) is 9.24. The van der Waals surface area contributed by atoms with Gasteiger partial charge in [0.25, 0.3) is 0 Å². The number of hydrogen-bond donors (Lipinski definition) is 2. The van der Waals surface area contributed by atoms with E-state index >= 15 is 0 Å². The van der Waals surface area contributed by atoms with Crippen LogP contribution in [0.5, 0.6) is 0 Å². The first-order chi connectivity index (χ1) is 6.83. The molecule has 1 atom stereocenters. The first-order valence-electron chi connectivity index (χ1n) is 4.85. The molecule has 0 amide bonds. The first kappa shape index (κ1) is 11.7. The molecule has 0 spiro atoms. The van der Waals surface area contributed by atoms with Crippen LogP contribution in [0, 0.1) is 13.8 Å². The molecule has 1 rings (SSSR count). The average Bonchev–Trinajstić information content (AvgIpc) is 2.06. The topological polar surface area (TPSA) is 57.5 Å². The Balaban J connectivity index is 3.13. The summed E-state index contributed by atoms with van der Waals surface area (Å²) in [6.07, 6.45) is -0.280. The van der Waals surface area contributed by atoms with Crippen molar-refractivity contribution in [2.75, 3.05) is 0 Å². The van der Waals surface area contributed by atoms with E-state index in [2.05, 4.69) is 0 Å². The minimum Gasteiger partial charge on any atom is -0.481 e. The second-order valence-electron chi connectivity index (χ2n) is 4.16. The second kappa shape index (κ2) is 4.03. The summed E-state index contributed by atoms with van der Waals surface area (Å²) >= 11 is 0. The summed E-state index contributed by atoms with van der Waals surface area (Å²) in [5.41, 5.74) is 1.31. The van der Waals surface area contributed by atoms with E-state index in [9.17, 15) is 9.90 Å². The predicted molar refractivity (Wildman–Crippen MR) is 57.7 cm³/mol. The van der Waals surface area contributed by atoms with Crippen LogP contribution in [0.15, 0.2) is 18.2 Å². The number of carboxylic acids is 1. The molecule has 0 saturated heterocycles. The Bertz CT molecular complexity index is 380. The summed E-state index contributed by atoms with van der Waals surface area (Å²) in [5.74, 6) is -0.999. The molecule has 1 aromatic rings.